The van der Waals surface area contributed by atoms with E-state index in [-0.39, 0.29) is 7.43 Å². The zero-order valence-corrected chi connectivity index (χ0v) is 11.2. The molecule has 0 aliphatic heterocycles. The molecule has 0 aliphatic carbocycles. The lowest BCUT2D eigenvalue weighted by atomic mass is 10.3. The van der Waals surface area contributed by atoms with Gasteiger partial charge in [-0.25, -0.2) is 4.98 Å². The van der Waals surface area contributed by atoms with Crippen molar-refractivity contribution in [2.45, 2.75) is 38.0 Å². The standard InChI is InChI=1S/C13H17N3OS.CH4/c1-2-7-16-10-15-8-12(16)9-18(17)13-5-3-11(14)4-6-13;/h3-6,8,10H,2,7,9,14H2,1H3;1H4/t18-;/m0./s1. The molecule has 2 aromatic rings. The van der Waals surface area contributed by atoms with Gasteiger partial charge in [0, 0.05) is 23.3 Å². The van der Waals surface area contributed by atoms with Crippen LogP contribution in [0.5, 0.6) is 0 Å². The molecule has 0 amide bonds. The molecule has 0 unspecified atom stereocenters. The van der Waals surface area contributed by atoms with Gasteiger partial charge in [0.05, 0.1) is 28.6 Å². The van der Waals surface area contributed by atoms with Crippen LogP contribution >= 0.6 is 0 Å². The van der Waals surface area contributed by atoms with Crippen molar-refractivity contribution in [1.82, 2.24) is 9.55 Å². The number of hydrogen-bond donors (Lipinski definition) is 1. The van der Waals surface area contributed by atoms with E-state index in [0.717, 1.165) is 23.6 Å². The van der Waals surface area contributed by atoms with E-state index < -0.39 is 10.8 Å². The molecular weight excluding hydrogens is 258 g/mol. The Balaban J connectivity index is 0.00000180. The number of rotatable bonds is 5. The Labute approximate surface area is 117 Å². The van der Waals surface area contributed by atoms with E-state index in [0.29, 0.717) is 11.4 Å². The summed E-state index contributed by atoms with van der Waals surface area (Å²) in [5.41, 5.74) is 7.31. The van der Waals surface area contributed by atoms with Gasteiger partial charge in [-0.1, -0.05) is 14.4 Å². The van der Waals surface area contributed by atoms with E-state index in [1.54, 1.807) is 24.7 Å². The van der Waals surface area contributed by atoms with Crippen LogP contribution in [0.15, 0.2) is 41.7 Å². The number of benzene rings is 1. The summed E-state index contributed by atoms with van der Waals surface area (Å²) >= 11 is 0. The number of imidazole rings is 1. The number of nitrogens with zero attached hydrogens (tertiary/aromatic N) is 2. The summed E-state index contributed by atoms with van der Waals surface area (Å²) in [7, 11) is -1.05. The van der Waals surface area contributed by atoms with E-state index in [1.165, 1.54) is 0 Å². The van der Waals surface area contributed by atoms with E-state index in [4.69, 9.17) is 5.73 Å². The van der Waals surface area contributed by atoms with Crippen LogP contribution in [0, 0.1) is 0 Å². The topological polar surface area (TPSA) is 60.9 Å². The third kappa shape index (κ3) is 3.92. The van der Waals surface area contributed by atoms with Crippen molar-refractivity contribution in [2.24, 2.45) is 0 Å². The number of aryl methyl sites for hydroxylation is 1. The molecule has 0 saturated heterocycles. The SMILES string of the molecule is C.CCCn1cncc1C[S@](=O)c1ccc(N)cc1. The van der Waals surface area contributed by atoms with Crippen LogP contribution in [0.2, 0.25) is 0 Å². The number of hydrogen-bond acceptors (Lipinski definition) is 3. The Morgan fingerprint density at radius 1 is 1.32 bits per heavy atom. The Morgan fingerprint density at radius 3 is 2.63 bits per heavy atom. The van der Waals surface area contributed by atoms with Crippen molar-refractivity contribution in [1.29, 1.82) is 0 Å². The molecule has 0 radical (unpaired) electrons. The Bertz CT molecular complexity index is 534. The highest BCUT2D eigenvalue weighted by Crippen LogP contribution is 2.14. The smallest absolute Gasteiger partial charge is 0.0948 e. The summed E-state index contributed by atoms with van der Waals surface area (Å²) in [4.78, 5) is 4.91. The first-order valence-electron chi connectivity index (χ1n) is 5.93. The average molecular weight is 279 g/mol. The number of anilines is 1. The monoisotopic (exact) mass is 279 g/mol. The van der Waals surface area contributed by atoms with Gasteiger partial charge in [0.2, 0.25) is 0 Å². The maximum atomic E-state index is 12.2. The van der Waals surface area contributed by atoms with E-state index >= 15 is 0 Å². The quantitative estimate of drug-likeness (QED) is 0.856. The molecule has 1 heterocycles. The van der Waals surface area contributed by atoms with Crippen molar-refractivity contribution >= 4 is 16.5 Å². The van der Waals surface area contributed by atoms with Gasteiger partial charge < -0.3 is 10.3 Å². The third-order valence-electron chi connectivity index (χ3n) is 2.69. The zero-order chi connectivity index (χ0) is 13.0. The first kappa shape index (κ1) is 15.4. The Hall–Kier alpha value is -1.62. The summed E-state index contributed by atoms with van der Waals surface area (Å²) in [5.74, 6) is 0.490. The summed E-state index contributed by atoms with van der Waals surface area (Å²) in [5, 5.41) is 0. The summed E-state index contributed by atoms with van der Waals surface area (Å²) in [6, 6.07) is 7.17. The van der Waals surface area contributed by atoms with Crippen LogP contribution < -0.4 is 5.73 Å². The molecule has 1 atom stereocenters. The van der Waals surface area contributed by atoms with Gasteiger partial charge >= 0.3 is 0 Å². The van der Waals surface area contributed by atoms with Crippen molar-refractivity contribution in [2.75, 3.05) is 5.73 Å². The number of nitrogens with two attached hydrogens (primary N) is 1. The molecule has 4 nitrogen and oxygen atoms in total. The second-order valence-electron chi connectivity index (χ2n) is 4.14. The summed E-state index contributed by atoms with van der Waals surface area (Å²) < 4.78 is 14.3. The highest BCUT2D eigenvalue weighted by atomic mass is 32.2. The highest BCUT2D eigenvalue weighted by molar-refractivity contribution is 7.84. The van der Waals surface area contributed by atoms with Gasteiger partial charge in [-0.05, 0) is 30.7 Å². The lowest BCUT2D eigenvalue weighted by molar-refractivity contribution is 0.652. The molecule has 0 fully saturated rings. The fraction of sp³-hybridized carbons (Fsp3) is 0.357. The van der Waals surface area contributed by atoms with Crippen molar-refractivity contribution in [3.05, 3.63) is 42.5 Å². The van der Waals surface area contributed by atoms with Gasteiger partial charge in [-0.15, -0.1) is 0 Å². The fourth-order valence-corrected chi connectivity index (χ4v) is 2.86. The number of aromatic nitrogens is 2. The highest BCUT2D eigenvalue weighted by Gasteiger charge is 2.08. The largest absolute Gasteiger partial charge is 0.399 e. The lowest BCUT2D eigenvalue weighted by Crippen LogP contribution is -2.05. The first-order valence-corrected chi connectivity index (χ1v) is 7.25. The fourth-order valence-electron chi connectivity index (χ4n) is 1.75. The van der Waals surface area contributed by atoms with Crippen molar-refractivity contribution in [3.8, 4) is 0 Å². The van der Waals surface area contributed by atoms with E-state index in [2.05, 4.69) is 16.5 Å². The summed E-state index contributed by atoms with van der Waals surface area (Å²) in [6.07, 6.45) is 4.61. The van der Waals surface area contributed by atoms with Gasteiger partial charge in [0.15, 0.2) is 0 Å². The maximum Gasteiger partial charge on any atom is 0.0948 e. The van der Waals surface area contributed by atoms with Crippen LogP contribution in [0.1, 0.15) is 26.5 Å². The normalized spacial score (nSPS) is 11.8. The van der Waals surface area contributed by atoms with Crippen LogP contribution in [-0.4, -0.2) is 13.8 Å². The molecule has 1 aromatic carbocycles. The minimum Gasteiger partial charge on any atom is -0.399 e. The molecular formula is C14H21N3OS. The molecule has 104 valence electrons. The van der Waals surface area contributed by atoms with Crippen molar-refractivity contribution < 1.29 is 4.21 Å². The van der Waals surface area contributed by atoms with Crippen LogP contribution in [0.3, 0.4) is 0 Å². The minimum atomic E-state index is -1.05. The predicted molar refractivity (Wildman–Crippen MR) is 80.2 cm³/mol. The van der Waals surface area contributed by atoms with Gasteiger partial charge in [-0.2, -0.15) is 0 Å². The predicted octanol–water partition coefficient (Wildman–Crippen LogP) is 2.82. The Kier molecular flexibility index (Phi) is 5.76. The number of nitrogen functional groups attached to an aromatic ring is 1. The average Bonchev–Trinajstić information content (AvgIpc) is 2.78. The van der Waals surface area contributed by atoms with Crippen molar-refractivity contribution in [3.63, 3.8) is 0 Å². The second-order valence-corrected chi connectivity index (χ2v) is 5.59. The molecule has 0 saturated carbocycles. The van der Waals surface area contributed by atoms with Gasteiger partial charge in [-0.3, -0.25) is 4.21 Å². The van der Waals surface area contributed by atoms with Crippen LogP contribution in [-0.2, 0) is 23.1 Å². The molecule has 5 heteroatoms. The molecule has 19 heavy (non-hydrogen) atoms. The third-order valence-corrected chi connectivity index (χ3v) is 4.04. The molecule has 1 aromatic heterocycles. The van der Waals surface area contributed by atoms with Gasteiger partial charge in [0.1, 0.15) is 0 Å². The van der Waals surface area contributed by atoms with E-state index in [9.17, 15) is 4.21 Å². The lowest BCUT2D eigenvalue weighted by Gasteiger charge is -2.06. The summed E-state index contributed by atoms with van der Waals surface area (Å²) in [6.45, 7) is 3.02. The first-order chi connectivity index (χ1) is 8.70. The van der Waals surface area contributed by atoms with Crippen LogP contribution in [0.25, 0.3) is 0 Å². The second kappa shape index (κ2) is 7.09. The van der Waals surface area contributed by atoms with E-state index in [1.807, 2.05) is 12.1 Å². The maximum absolute atomic E-state index is 12.2. The molecule has 0 aliphatic rings. The molecule has 0 spiro atoms. The minimum absolute atomic E-state index is 0. The Morgan fingerprint density at radius 2 is 2.00 bits per heavy atom. The molecule has 2 rings (SSSR count). The van der Waals surface area contributed by atoms with Crippen LogP contribution in [0.4, 0.5) is 5.69 Å². The molecule has 0 bridgehead atoms. The zero-order valence-electron chi connectivity index (χ0n) is 10.4. The molecule has 2 N–H and O–H groups in total. The van der Waals surface area contributed by atoms with Gasteiger partial charge in [0.25, 0.3) is 0 Å².